The molecule has 0 saturated heterocycles. The van der Waals surface area contributed by atoms with E-state index in [1.807, 2.05) is 48.7 Å². The van der Waals surface area contributed by atoms with Crippen LogP contribution in [0, 0.1) is 21.4 Å². The molecule has 1 aromatic heterocycles. The number of hydrogen-bond acceptors (Lipinski definition) is 9. The monoisotopic (exact) mass is 586 g/mol. The molecular weight excluding hydrogens is 564 g/mol. The van der Waals surface area contributed by atoms with Gasteiger partial charge in [0.25, 0.3) is 11.6 Å². The van der Waals surface area contributed by atoms with Crippen molar-refractivity contribution in [2.45, 2.75) is 22.9 Å². The molecule has 0 unspecified atom stereocenters. The van der Waals surface area contributed by atoms with Crippen molar-refractivity contribution >= 4 is 40.9 Å². The Balaban J connectivity index is 1.18. The van der Waals surface area contributed by atoms with Crippen molar-refractivity contribution in [2.75, 3.05) is 4.90 Å². The smallest absolute Gasteiger partial charge is 0.271 e. The number of nitrogens with one attached hydrogen (secondary N) is 1. The average Bonchev–Trinajstić information content (AvgIpc) is 3.47. The van der Waals surface area contributed by atoms with Gasteiger partial charge in [0.2, 0.25) is 0 Å². The third kappa shape index (κ3) is 6.12. The first-order valence-electron chi connectivity index (χ1n) is 13.1. The molecule has 5 aromatic rings. The van der Waals surface area contributed by atoms with E-state index in [0.29, 0.717) is 18.7 Å². The van der Waals surface area contributed by atoms with Crippen molar-refractivity contribution in [3.8, 4) is 6.07 Å². The third-order valence-electron chi connectivity index (χ3n) is 6.70. The molecule has 11 nitrogen and oxygen atoms in total. The first kappa shape index (κ1) is 27.4. The summed E-state index contributed by atoms with van der Waals surface area (Å²) < 4.78 is 1.78. The number of benzene rings is 4. The van der Waals surface area contributed by atoms with Crippen LogP contribution in [0.15, 0.2) is 112 Å². The number of nitriles is 1. The van der Waals surface area contributed by atoms with Crippen LogP contribution in [0.1, 0.15) is 32.7 Å². The van der Waals surface area contributed by atoms with Gasteiger partial charge in [0.05, 0.1) is 53.4 Å². The van der Waals surface area contributed by atoms with Gasteiger partial charge in [-0.3, -0.25) is 14.9 Å². The Morgan fingerprint density at radius 1 is 1.00 bits per heavy atom. The minimum Gasteiger partial charge on any atom is -0.333 e. The van der Waals surface area contributed by atoms with Crippen molar-refractivity contribution in [2.24, 2.45) is 5.10 Å². The molecule has 6 rings (SSSR count). The number of hydrogen-bond donors (Lipinski definition) is 1. The highest BCUT2D eigenvalue weighted by Crippen LogP contribution is 2.48. The number of para-hydroxylation sites is 1. The molecule has 2 heterocycles. The number of hydrazone groups is 1. The average molecular weight is 587 g/mol. The molecule has 43 heavy (non-hydrogen) atoms. The van der Waals surface area contributed by atoms with Crippen LogP contribution in [0.25, 0.3) is 0 Å². The highest BCUT2D eigenvalue weighted by molar-refractivity contribution is 7.99. The lowest BCUT2D eigenvalue weighted by Gasteiger charge is -2.32. The minimum atomic E-state index is -0.518. The number of fused-ring (bicyclic) bond motifs is 2. The van der Waals surface area contributed by atoms with E-state index in [0.717, 1.165) is 38.0 Å². The number of nitro benzene ring substituents is 1. The first-order valence-corrected chi connectivity index (χ1v) is 13.9. The van der Waals surface area contributed by atoms with Gasteiger partial charge < -0.3 is 4.90 Å². The van der Waals surface area contributed by atoms with Gasteiger partial charge in [0, 0.05) is 27.5 Å². The van der Waals surface area contributed by atoms with Crippen LogP contribution in [0.2, 0.25) is 0 Å². The SMILES string of the molecule is N#Cc1ccc(Cn2cc(CN3c4ccccc4Sc4cc(/C=N/NC(=O)c5ccc([N+](=O)[O-])cc5)ccc43)nn2)cc1. The second kappa shape index (κ2) is 12.0. The summed E-state index contributed by atoms with van der Waals surface area (Å²) in [7, 11) is 0. The summed E-state index contributed by atoms with van der Waals surface area (Å²) in [6.07, 6.45) is 3.49. The highest BCUT2D eigenvalue weighted by Gasteiger charge is 2.24. The highest BCUT2D eigenvalue weighted by atomic mass is 32.2. The summed E-state index contributed by atoms with van der Waals surface area (Å²) in [4.78, 5) is 27.0. The van der Waals surface area contributed by atoms with Gasteiger partial charge in [-0.05, 0) is 59.7 Å². The molecule has 1 aliphatic rings. The van der Waals surface area contributed by atoms with Gasteiger partial charge in [-0.15, -0.1) is 5.10 Å². The zero-order chi connectivity index (χ0) is 29.8. The van der Waals surface area contributed by atoms with Crippen LogP contribution in [-0.4, -0.2) is 32.0 Å². The molecule has 4 aromatic carbocycles. The summed E-state index contributed by atoms with van der Waals surface area (Å²) in [5.41, 5.74) is 7.97. The van der Waals surface area contributed by atoms with E-state index in [-0.39, 0.29) is 11.3 Å². The zero-order valence-corrected chi connectivity index (χ0v) is 23.3. The fourth-order valence-electron chi connectivity index (χ4n) is 4.59. The summed E-state index contributed by atoms with van der Waals surface area (Å²) in [6, 6.07) is 29.0. The van der Waals surface area contributed by atoms with Crippen LogP contribution >= 0.6 is 11.8 Å². The molecule has 0 atom stereocenters. The third-order valence-corrected chi connectivity index (χ3v) is 7.82. The van der Waals surface area contributed by atoms with Gasteiger partial charge >= 0.3 is 0 Å². The van der Waals surface area contributed by atoms with Gasteiger partial charge in [-0.1, -0.05) is 47.3 Å². The van der Waals surface area contributed by atoms with E-state index >= 15 is 0 Å². The van der Waals surface area contributed by atoms with Gasteiger partial charge in [0.15, 0.2) is 0 Å². The van der Waals surface area contributed by atoms with Crippen LogP contribution in [0.5, 0.6) is 0 Å². The quantitative estimate of drug-likeness (QED) is 0.139. The molecule has 0 bridgehead atoms. The largest absolute Gasteiger partial charge is 0.333 e. The molecule has 0 fully saturated rings. The number of nitrogens with zero attached hydrogens (tertiary/aromatic N) is 7. The molecule has 1 aliphatic heterocycles. The summed E-state index contributed by atoms with van der Waals surface area (Å²) in [5.74, 6) is -0.467. The predicted molar refractivity (Wildman–Crippen MR) is 161 cm³/mol. The van der Waals surface area contributed by atoms with Gasteiger partial charge in [-0.25, -0.2) is 10.1 Å². The van der Waals surface area contributed by atoms with Crippen LogP contribution < -0.4 is 10.3 Å². The van der Waals surface area contributed by atoms with Gasteiger partial charge in [0.1, 0.15) is 5.69 Å². The number of amides is 1. The van der Waals surface area contributed by atoms with Crippen molar-refractivity contribution in [1.29, 1.82) is 5.26 Å². The lowest BCUT2D eigenvalue weighted by molar-refractivity contribution is -0.384. The van der Waals surface area contributed by atoms with E-state index in [1.54, 1.807) is 34.8 Å². The number of carbonyl (C=O) groups excluding carboxylic acids is 1. The molecular formula is C31H22N8O3S. The maximum Gasteiger partial charge on any atom is 0.271 e. The second-order valence-corrected chi connectivity index (χ2v) is 10.7. The molecule has 12 heteroatoms. The van der Waals surface area contributed by atoms with E-state index in [9.17, 15) is 14.9 Å². The minimum absolute atomic E-state index is 0.0880. The predicted octanol–water partition coefficient (Wildman–Crippen LogP) is 5.67. The van der Waals surface area contributed by atoms with Gasteiger partial charge in [-0.2, -0.15) is 10.4 Å². The molecule has 1 amide bonds. The Kier molecular flexibility index (Phi) is 7.62. The molecule has 0 aliphatic carbocycles. The molecule has 0 saturated carbocycles. The number of rotatable bonds is 8. The van der Waals surface area contributed by atoms with Crippen molar-refractivity contribution in [3.63, 3.8) is 0 Å². The topological polar surface area (TPSA) is 142 Å². The number of anilines is 2. The molecule has 0 radical (unpaired) electrons. The van der Waals surface area contributed by atoms with Crippen molar-refractivity contribution < 1.29 is 9.72 Å². The van der Waals surface area contributed by atoms with E-state index in [4.69, 9.17) is 5.26 Å². The number of non-ortho nitro benzene ring substituents is 1. The summed E-state index contributed by atoms with van der Waals surface area (Å²) >= 11 is 1.65. The van der Waals surface area contributed by atoms with Crippen LogP contribution in [0.4, 0.5) is 17.1 Å². The molecule has 0 spiro atoms. The second-order valence-electron chi connectivity index (χ2n) is 9.60. The van der Waals surface area contributed by atoms with Crippen LogP contribution in [-0.2, 0) is 13.1 Å². The van der Waals surface area contributed by atoms with Crippen molar-refractivity contribution in [1.82, 2.24) is 20.4 Å². The standard InChI is InChI=1S/C31H22N8O3S/c32-16-21-5-7-22(8-6-21)18-37-19-25(34-36-37)20-38-27-3-1-2-4-29(27)43-30-15-23(9-14-28(30)38)17-33-35-31(40)24-10-12-26(13-11-24)39(41)42/h1-15,17,19H,18,20H2,(H,35,40)/b33-17+. The number of aromatic nitrogens is 3. The lowest BCUT2D eigenvalue weighted by Crippen LogP contribution is -2.20. The van der Waals surface area contributed by atoms with E-state index < -0.39 is 10.8 Å². The Hall–Kier alpha value is -5.80. The maximum atomic E-state index is 12.4. The number of nitro groups is 1. The summed E-state index contributed by atoms with van der Waals surface area (Å²) in [5, 5.41) is 32.7. The maximum absolute atomic E-state index is 12.4. The fraction of sp³-hybridized carbons (Fsp3) is 0.0645. The van der Waals surface area contributed by atoms with Crippen LogP contribution in [0.3, 0.4) is 0 Å². The molecule has 210 valence electrons. The Morgan fingerprint density at radius 3 is 2.53 bits per heavy atom. The Morgan fingerprint density at radius 2 is 1.77 bits per heavy atom. The van der Waals surface area contributed by atoms with E-state index in [2.05, 4.69) is 43.9 Å². The zero-order valence-electron chi connectivity index (χ0n) is 22.5. The normalized spacial score (nSPS) is 11.9. The molecule has 1 N–H and O–H groups in total. The van der Waals surface area contributed by atoms with Crippen molar-refractivity contribution in [3.05, 3.63) is 135 Å². The lowest BCUT2D eigenvalue weighted by atomic mass is 10.1. The number of carbonyl (C=O) groups is 1. The Bertz CT molecular complexity index is 1900. The fourth-order valence-corrected chi connectivity index (χ4v) is 5.73. The van der Waals surface area contributed by atoms with E-state index in [1.165, 1.54) is 24.3 Å². The summed E-state index contributed by atoms with van der Waals surface area (Å²) in [6.45, 7) is 1.06. The Labute approximate surface area is 250 Å². The first-order chi connectivity index (χ1) is 21.0.